The van der Waals surface area contributed by atoms with Gasteiger partial charge in [0.2, 0.25) is 5.91 Å². The predicted molar refractivity (Wildman–Crippen MR) is 97.2 cm³/mol. The van der Waals surface area contributed by atoms with Gasteiger partial charge in [-0.15, -0.1) is 0 Å². The topological polar surface area (TPSA) is 32.3 Å². The van der Waals surface area contributed by atoms with Crippen LogP contribution in [0.2, 0.25) is 0 Å². The summed E-state index contributed by atoms with van der Waals surface area (Å²) in [5, 5.41) is 3.59. The van der Waals surface area contributed by atoms with E-state index in [0.717, 1.165) is 31.5 Å². The molecule has 3 nitrogen and oxygen atoms in total. The fraction of sp³-hybridized carbons (Fsp3) is 0.381. The molecule has 2 aliphatic rings. The van der Waals surface area contributed by atoms with Gasteiger partial charge in [0, 0.05) is 18.3 Å². The molecule has 0 saturated carbocycles. The third-order valence-corrected chi connectivity index (χ3v) is 5.34. The highest BCUT2D eigenvalue weighted by Crippen LogP contribution is 2.31. The number of carbonyl (C=O) groups is 1. The van der Waals surface area contributed by atoms with Crippen LogP contribution in [-0.4, -0.2) is 18.5 Å². The van der Waals surface area contributed by atoms with E-state index >= 15 is 0 Å². The Morgan fingerprint density at radius 2 is 1.83 bits per heavy atom. The van der Waals surface area contributed by atoms with Crippen molar-refractivity contribution in [2.24, 2.45) is 0 Å². The maximum Gasteiger partial charge on any atom is 0.243 e. The number of hydrogen-bond acceptors (Lipinski definition) is 2. The number of aryl methyl sites for hydroxylation is 1. The van der Waals surface area contributed by atoms with Crippen LogP contribution in [-0.2, 0) is 17.6 Å². The lowest BCUT2D eigenvalue weighted by Crippen LogP contribution is -2.46. The largest absolute Gasteiger partial charge is 0.310 e. The van der Waals surface area contributed by atoms with Crippen LogP contribution >= 0.6 is 0 Å². The number of rotatable bonds is 3. The van der Waals surface area contributed by atoms with Gasteiger partial charge in [0.05, 0.1) is 6.04 Å². The minimum Gasteiger partial charge on any atom is -0.310 e. The molecular formula is C21H24N2O. The number of carbonyl (C=O) groups excluding carboxylic acids is 1. The van der Waals surface area contributed by atoms with Gasteiger partial charge in [-0.1, -0.05) is 42.5 Å². The third kappa shape index (κ3) is 2.73. The summed E-state index contributed by atoms with van der Waals surface area (Å²) in [6.07, 6.45) is 4.39. The summed E-state index contributed by atoms with van der Waals surface area (Å²) in [5.41, 5.74) is 5.15. The van der Waals surface area contributed by atoms with Crippen molar-refractivity contribution in [3.63, 3.8) is 0 Å². The fourth-order valence-electron chi connectivity index (χ4n) is 4.10. The molecule has 0 radical (unpaired) electrons. The molecule has 1 heterocycles. The molecule has 0 bridgehead atoms. The van der Waals surface area contributed by atoms with Gasteiger partial charge in [0.15, 0.2) is 0 Å². The SMILES string of the molecule is CC(NC1CCCc2ccccc21)C(=O)N1CCc2ccccc21. The highest BCUT2D eigenvalue weighted by Gasteiger charge is 2.30. The Balaban J connectivity index is 1.50. The molecule has 2 atom stereocenters. The Bertz CT molecular complexity index is 755. The molecule has 0 aromatic heterocycles. The third-order valence-electron chi connectivity index (χ3n) is 5.34. The average molecular weight is 320 g/mol. The van der Waals surface area contributed by atoms with Crippen LogP contribution in [0, 0.1) is 0 Å². The highest BCUT2D eigenvalue weighted by atomic mass is 16.2. The first kappa shape index (κ1) is 15.4. The average Bonchev–Trinajstić information content (AvgIpc) is 3.05. The first-order valence-corrected chi connectivity index (χ1v) is 8.97. The van der Waals surface area contributed by atoms with Crippen molar-refractivity contribution in [3.8, 4) is 0 Å². The molecule has 0 saturated heterocycles. The van der Waals surface area contributed by atoms with E-state index in [0.29, 0.717) is 0 Å². The first-order valence-electron chi connectivity index (χ1n) is 8.97. The van der Waals surface area contributed by atoms with Gasteiger partial charge in [-0.2, -0.15) is 0 Å². The second-order valence-electron chi connectivity index (χ2n) is 6.90. The maximum atomic E-state index is 13.0. The molecule has 0 fully saturated rings. The van der Waals surface area contributed by atoms with Gasteiger partial charge in [0.25, 0.3) is 0 Å². The number of para-hydroxylation sites is 1. The molecule has 1 aliphatic heterocycles. The van der Waals surface area contributed by atoms with Crippen molar-refractivity contribution in [2.75, 3.05) is 11.4 Å². The van der Waals surface area contributed by atoms with Crippen molar-refractivity contribution >= 4 is 11.6 Å². The summed E-state index contributed by atoms with van der Waals surface area (Å²) < 4.78 is 0. The predicted octanol–water partition coefficient (Wildman–Crippen LogP) is 3.63. The molecule has 124 valence electrons. The van der Waals surface area contributed by atoms with E-state index in [-0.39, 0.29) is 18.0 Å². The van der Waals surface area contributed by atoms with Gasteiger partial charge in [-0.05, 0) is 55.4 Å². The van der Waals surface area contributed by atoms with E-state index in [2.05, 4.69) is 41.7 Å². The van der Waals surface area contributed by atoms with Crippen molar-refractivity contribution in [2.45, 2.75) is 44.7 Å². The Labute approximate surface area is 143 Å². The zero-order valence-corrected chi connectivity index (χ0v) is 14.2. The summed E-state index contributed by atoms with van der Waals surface area (Å²) >= 11 is 0. The Kier molecular flexibility index (Phi) is 4.11. The summed E-state index contributed by atoms with van der Waals surface area (Å²) in [5.74, 6) is 0.183. The van der Waals surface area contributed by atoms with Gasteiger partial charge < -0.3 is 4.90 Å². The second-order valence-corrected chi connectivity index (χ2v) is 6.90. The van der Waals surface area contributed by atoms with Crippen molar-refractivity contribution < 1.29 is 4.79 Å². The van der Waals surface area contributed by atoms with E-state index < -0.39 is 0 Å². The number of benzene rings is 2. The minimum atomic E-state index is -0.174. The quantitative estimate of drug-likeness (QED) is 0.936. The normalized spacial score (nSPS) is 20.4. The number of nitrogens with zero attached hydrogens (tertiary/aromatic N) is 1. The highest BCUT2D eigenvalue weighted by molar-refractivity contribution is 5.98. The molecule has 2 unspecified atom stereocenters. The fourth-order valence-corrected chi connectivity index (χ4v) is 4.10. The number of nitrogens with one attached hydrogen (secondary N) is 1. The van der Waals surface area contributed by atoms with Crippen LogP contribution in [0.1, 0.15) is 42.5 Å². The van der Waals surface area contributed by atoms with Gasteiger partial charge in [-0.3, -0.25) is 10.1 Å². The van der Waals surface area contributed by atoms with Crippen molar-refractivity contribution in [3.05, 3.63) is 65.2 Å². The lowest BCUT2D eigenvalue weighted by Gasteiger charge is -2.30. The Morgan fingerprint density at radius 3 is 2.71 bits per heavy atom. The zero-order chi connectivity index (χ0) is 16.5. The molecule has 3 heteroatoms. The van der Waals surface area contributed by atoms with E-state index in [1.165, 1.54) is 23.1 Å². The Morgan fingerprint density at radius 1 is 1.08 bits per heavy atom. The molecule has 0 spiro atoms. The summed E-state index contributed by atoms with van der Waals surface area (Å²) in [7, 11) is 0. The van der Waals surface area contributed by atoms with Crippen LogP contribution in [0.25, 0.3) is 0 Å². The summed E-state index contributed by atoms with van der Waals surface area (Å²) in [6.45, 7) is 2.80. The van der Waals surface area contributed by atoms with Crippen LogP contribution < -0.4 is 10.2 Å². The smallest absolute Gasteiger partial charge is 0.243 e. The van der Waals surface area contributed by atoms with Crippen molar-refractivity contribution in [1.29, 1.82) is 0 Å². The standard InChI is InChI=1S/C21H24N2O/c1-15(21(24)23-14-13-17-8-3-5-12-20(17)23)22-19-11-6-9-16-7-2-4-10-18(16)19/h2-5,7-8,10,12,15,19,22H,6,9,11,13-14H2,1H3. The molecule has 4 rings (SSSR count). The van der Waals surface area contributed by atoms with Crippen LogP contribution in [0.5, 0.6) is 0 Å². The van der Waals surface area contributed by atoms with Gasteiger partial charge in [0.1, 0.15) is 0 Å². The van der Waals surface area contributed by atoms with Gasteiger partial charge in [-0.25, -0.2) is 0 Å². The lowest BCUT2D eigenvalue weighted by molar-refractivity contribution is -0.120. The number of hydrogen-bond donors (Lipinski definition) is 1. The monoisotopic (exact) mass is 320 g/mol. The first-order chi connectivity index (χ1) is 11.7. The summed E-state index contributed by atoms with van der Waals surface area (Å²) in [6, 6.07) is 17.0. The van der Waals surface area contributed by atoms with Crippen molar-refractivity contribution in [1.82, 2.24) is 5.32 Å². The molecule has 1 aliphatic carbocycles. The number of anilines is 1. The van der Waals surface area contributed by atoms with E-state index in [4.69, 9.17) is 0 Å². The lowest BCUT2D eigenvalue weighted by atomic mass is 9.87. The molecule has 24 heavy (non-hydrogen) atoms. The van der Waals surface area contributed by atoms with E-state index in [1.54, 1.807) is 0 Å². The van der Waals surface area contributed by atoms with Crippen LogP contribution in [0.3, 0.4) is 0 Å². The molecule has 2 aromatic rings. The Hall–Kier alpha value is -2.13. The number of fused-ring (bicyclic) bond motifs is 2. The van der Waals surface area contributed by atoms with Crippen LogP contribution in [0.15, 0.2) is 48.5 Å². The molecule has 1 N–H and O–H groups in total. The maximum absolute atomic E-state index is 13.0. The summed E-state index contributed by atoms with van der Waals surface area (Å²) in [4.78, 5) is 14.9. The molecule has 1 amide bonds. The minimum absolute atomic E-state index is 0.174. The molecular weight excluding hydrogens is 296 g/mol. The van der Waals surface area contributed by atoms with E-state index in [1.807, 2.05) is 24.0 Å². The number of amides is 1. The zero-order valence-electron chi connectivity index (χ0n) is 14.2. The van der Waals surface area contributed by atoms with E-state index in [9.17, 15) is 4.79 Å². The van der Waals surface area contributed by atoms with Gasteiger partial charge >= 0.3 is 0 Å². The second kappa shape index (κ2) is 6.40. The van der Waals surface area contributed by atoms with Crippen LogP contribution in [0.4, 0.5) is 5.69 Å². The molecule has 2 aromatic carbocycles.